The summed E-state index contributed by atoms with van der Waals surface area (Å²) < 4.78 is 7.78. The van der Waals surface area contributed by atoms with Gasteiger partial charge in [0, 0.05) is 17.7 Å². The summed E-state index contributed by atoms with van der Waals surface area (Å²) in [6, 6.07) is 5.39. The molecule has 0 bridgehead atoms. The number of halogens is 1. The highest BCUT2D eigenvalue weighted by atomic mass is 79.9. The van der Waals surface area contributed by atoms with Gasteiger partial charge in [0.1, 0.15) is 11.5 Å². The van der Waals surface area contributed by atoms with E-state index < -0.39 is 0 Å². The summed E-state index contributed by atoms with van der Waals surface area (Å²) in [7, 11) is 1.83. The first-order valence-electron chi connectivity index (χ1n) is 4.79. The number of hydrogen-bond acceptors (Lipinski definition) is 2. The molecule has 84 valence electrons. The number of nitrogens with zero attached hydrogens (tertiary/aromatic N) is 1. The van der Waals surface area contributed by atoms with Crippen molar-refractivity contribution < 1.29 is 9.21 Å². The lowest BCUT2D eigenvalue weighted by Gasteiger charge is -2.03. The summed E-state index contributed by atoms with van der Waals surface area (Å²) in [5.41, 5.74) is 0.610. The van der Waals surface area contributed by atoms with Gasteiger partial charge in [-0.1, -0.05) is 0 Å². The van der Waals surface area contributed by atoms with E-state index in [9.17, 15) is 4.79 Å². The Labute approximate surface area is 101 Å². The van der Waals surface area contributed by atoms with Crippen LogP contribution < -0.4 is 5.32 Å². The number of furan rings is 1. The van der Waals surface area contributed by atoms with Gasteiger partial charge in [-0.3, -0.25) is 4.79 Å². The van der Waals surface area contributed by atoms with E-state index in [2.05, 4.69) is 21.2 Å². The van der Waals surface area contributed by atoms with E-state index in [1.165, 1.54) is 0 Å². The highest BCUT2D eigenvalue weighted by Gasteiger charge is 2.10. The van der Waals surface area contributed by atoms with Crippen LogP contribution in [0.4, 0.5) is 0 Å². The Morgan fingerprint density at radius 1 is 1.62 bits per heavy atom. The number of hydrogen-bond donors (Lipinski definition) is 1. The summed E-state index contributed by atoms with van der Waals surface area (Å²) in [5, 5.41) is 2.78. The molecule has 0 aliphatic rings. The second-order valence-corrected chi connectivity index (χ2v) is 4.33. The molecule has 5 heteroatoms. The minimum absolute atomic E-state index is 0.121. The van der Waals surface area contributed by atoms with Gasteiger partial charge >= 0.3 is 0 Å². The molecule has 0 saturated carbocycles. The molecule has 0 spiro atoms. The molecule has 1 amide bonds. The third-order valence-electron chi connectivity index (χ3n) is 2.21. The van der Waals surface area contributed by atoms with E-state index in [-0.39, 0.29) is 5.91 Å². The molecular weight excluding hydrogens is 272 g/mol. The van der Waals surface area contributed by atoms with Gasteiger partial charge in [0.05, 0.1) is 12.8 Å². The molecule has 0 fully saturated rings. The number of amides is 1. The van der Waals surface area contributed by atoms with Crippen molar-refractivity contribution in [2.75, 3.05) is 0 Å². The largest absolute Gasteiger partial charge is 0.467 e. The number of aromatic nitrogens is 1. The van der Waals surface area contributed by atoms with Gasteiger partial charge in [0.25, 0.3) is 5.91 Å². The van der Waals surface area contributed by atoms with Crippen molar-refractivity contribution in [1.82, 2.24) is 9.88 Å². The molecule has 0 aliphatic heterocycles. The fourth-order valence-electron chi connectivity index (χ4n) is 1.42. The first kappa shape index (κ1) is 11.0. The van der Waals surface area contributed by atoms with Gasteiger partial charge in [-0.15, -0.1) is 0 Å². The molecule has 1 N–H and O–H groups in total. The summed E-state index contributed by atoms with van der Waals surface area (Å²) in [5.74, 6) is 0.617. The quantitative estimate of drug-likeness (QED) is 0.939. The van der Waals surface area contributed by atoms with Crippen LogP contribution in [0.2, 0.25) is 0 Å². The fourth-order valence-corrected chi connectivity index (χ4v) is 1.95. The van der Waals surface area contributed by atoms with Crippen LogP contribution in [0.3, 0.4) is 0 Å². The third kappa shape index (κ3) is 2.36. The van der Waals surface area contributed by atoms with E-state index in [1.54, 1.807) is 23.0 Å². The maximum atomic E-state index is 11.8. The summed E-state index contributed by atoms with van der Waals surface area (Å²) in [6.45, 7) is 0.397. The highest BCUT2D eigenvalue weighted by molar-refractivity contribution is 9.10. The predicted octanol–water partition coefficient (Wildman–Crippen LogP) is 2.31. The van der Waals surface area contributed by atoms with Crippen LogP contribution in [0.5, 0.6) is 0 Å². The van der Waals surface area contributed by atoms with E-state index >= 15 is 0 Å². The molecule has 2 aromatic rings. The average molecular weight is 283 g/mol. The van der Waals surface area contributed by atoms with Crippen LogP contribution in [0.25, 0.3) is 0 Å². The van der Waals surface area contributed by atoms with Crippen LogP contribution in [0.1, 0.15) is 16.2 Å². The molecule has 2 aromatic heterocycles. The van der Waals surface area contributed by atoms with Crippen molar-refractivity contribution in [1.29, 1.82) is 0 Å². The minimum atomic E-state index is -0.121. The first-order valence-corrected chi connectivity index (χ1v) is 5.58. The summed E-state index contributed by atoms with van der Waals surface area (Å²) in [6.07, 6.45) is 3.42. The molecule has 2 rings (SSSR count). The van der Waals surface area contributed by atoms with E-state index in [4.69, 9.17) is 4.42 Å². The van der Waals surface area contributed by atoms with Gasteiger partial charge in [-0.05, 0) is 34.1 Å². The smallest absolute Gasteiger partial charge is 0.268 e. The zero-order chi connectivity index (χ0) is 11.5. The second kappa shape index (κ2) is 4.57. The first-order chi connectivity index (χ1) is 7.66. The average Bonchev–Trinajstić information content (AvgIpc) is 2.84. The lowest BCUT2D eigenvalue weighted by molar-refractivity contribution is 0.0940. The van der Waals surface area contributed by atoms with Crippen LogP contribution >= 0.6 is 15.9 Å². The van der Waals surface area contributed by atoms with Gasteiger partial charge < -0.3 is 14.3 Å². The predicted molar refractivity (Wildman–Crippen MR) is 63.0 cm³/mol. The Balaban J connectivity index is 2.01. The maximum absolute atomic E-state index is 11.8. The van der Waals surface area contributed by atoms with Crippen molar-refractivity contribution in [3.05, 3.63) is 46.6 Å². The van der Waals surface area contributed by atoms with Crippen molar-refractivity contribution >= 4 is 21.8 Å². The number of nitrogens with one attached hydrogen (secondary N) is 1. The number of rotatable bonds is 3. The number of carbonyl (C=O) groups excluding carboxylic acids is 1. The molecule has 4 nitrogen and oxygen atoms in total. The topological polar surface area (TPSA) is 47.2 Å². The molecule has 0 radical (unpaired) electrons. The van der Waals surface area contributed by atoms with Crippen LogP contribution in [0, 0.1) is 0 Å². The molecule has 0 atom stereocenters. The Hall–Kier alpha value is -1.49. The lowest BCUT2D eigenvalue weighted by Crippen LogP contribution is -2.24. The Morgan fingerprint density at radius 2 is 2.44 bits per heavy atom. The Morgan fingerprint density at radius 3 is 3.00 bits per heavy atom. The Bertz CT molecular complexity index is 488. The molecule has 0 saturated heterocycles. The van der Waals surface area contributed by atoms with Gasteiger partial charge in [0.2, 0.25) is 0 Å². The fraction of sp³-hybridized carbons (Fsp3) is 0.182. The van der Waals surface area contributed by atoms with Crippen molar-refractivity contribution in [3.63, 3.8) is 0 Å². The van der Waals surface area contributed by atoms with Crippen molar-refractivity contribution in [2.24, 2.45) is 7.05 Å². The molecule has 0 aliphatic carbocycles. The summed E-state index contributed by atoms with van der Waals surface area (Å²) >= 11 is 3.32. The Kier molecular flexibility index (Phi) is 3.14. The molecule has 0 unspecified atom stereocenters. The van der Waals surface area contributed by atoms with E-state index in [0.29, 0.717) is 12.2 Å². The number of carbonyl (C=O) groups is 1. The van der Waals surface area contributed by atoms with Gasteiger partial charge in [0.15, 0.2) is 0 Å². The lowest BCUT2D eigenvalue weighted by atomic mass is 10.4. The molecular formula is C11H11BrN2O2. The van der Waals surface area contributed by atoms with Crippen molar-refractivity contribution in [3.8, 4) is 0 Å². The van der Waals surface area contributed by atoms with Gasteiger partial charge in [-0.2, -0.15) is 0 Å². The van der Waals surface area contributed by atoms with E-state index in [1.807, 2.05) is 19.3 Å². The van der Waals surface area contributed by atoms with Gasteiger partial charge in [-0.25, -0.2) is 0 Å². The zero-order valence-electron chi connectivity index (χ0n) is 8.74. The van der Waals surface area contributed by atoms with Crippen LogP contribution in [0.15, 0.2) is 39.5 Å². The third-order valence-corrected chi connectivity index (χ3v) is 2.64. The molecule has 0 aromatic carbocycles. The highest BCUT2D eigenvalue weighted by Crippen LogP contribution is 2.13. The normalized spacial score (nSPS) is 10.4. The standard InChI is InChI=1S/C11H11BrN2O2/c1-14-7-8(12)5-10(14)11(15)13-6-9-3-2-4-16-9/h2-5,7H,6H2,1H3,(H,13,15). The van der Waals surface area contributed by atoms with Crippen molar-refractivity contribution in [2.45, 2.75) is 6.54 Å². The van der Waals surface area contributed by atoms with Crippen LogP contribution in [-0.2, 0) is 13.6 Å². The van der Waals surface area contributed by atoms with E-state index in [0.717, 1.165) is 10.2 Å². The second-order valence-electron chi connectivity index (χ2n) is 3.42. The zero-order valence-corrected chi connectivity index (χ0v) is 10.3. The monoisotopic (exact) mass is 282 g/mol. The summed E-state index contributed by atoms with van der Waals surface area (Å²) in [4.78, 5) is 11.8. The van der Waals surface area contributed by atoms with Crippen LogP contribution in [-0.4, -0.2) is 10.5 Å². The SMILES string of the molecule is Cn1cc(Br)cc1C(=O)NCc1ccco1. The molecule has 2 heterocycles. The maximum Gasteiger partial charge on any atom is 0.268 e. The minimum Gasteiger partial charge on any atom is -0.467 e. The molecule has 16 heavy (non-hydrogen) atoms. The number of aryl methyl sites for hydroxylation is 1.